The summed E-state index contributed by atoms with van der Waals surface area (Å²) in [4.78, 5) is 0. The second-order valence-corrected chi connectivity index (χ2v) is 12.0. The molecule has 186 valence electrons. The van der Waals surface area contributed by atoms with Crippen molar-refractivity contribution in [1.82, 2.24) is 0 Å². The third kappa shape index (κ3) is 4.18. The van der Waals surface area contributed by atoms with Gasteiger partial charge in [0.25, 0.3) is 0 Å². The fourth-order valence-corrected chi connectivity index (χ4v) is 9.33. The van der Waals surface area contributed by atoms with E-state index in [-0.39, 0.29) is 0 Å². The van der Waals surface area contributed by atoms with E-state index in [9.17, 15) is 0 Å². The van der Waals surface area contributed by atoms with Gasteiger partial charge in [-0.3, -0.25) is 0 Å². The first-order valence-electron chi connectivity index (χ1n) is 14.6. The van der Waals surface area contributed by atoms with E-state index in [2.05, 4.69) is 90.9 Å². The number of hydrogen-bond donors (Lipinski definition) is 0. The zero-order valence-electron chi connectivity index (χ0n) is 23.2. The molecule has 7 atom stereocenters. The largest absolute Gasteiger partial charge is 0.0620 e. The number of rotatable bonds is 8. The van der Waals surface area contributed by atoms with Crippen LogP contribution in [0.1, 0.15) is 120 Å². The summed E-state index contributed by atoms with van der Waals surface area (Å²) in [6.07, 6.45) is 10.5. The fourth-order valence-electron chi connectivity index (χ4n) is 9.33. The molecule has 5 unspecified atom stereocenters. The molecule has 0 N–H and O–H groups in total. The minimum absolute atomic E-state index is 0.478. The Bertz CT molecular complexity index is 932. The molecule has 34 heavy (non-hydrogen) atoms. The normalized spacial score (nSPS) is 30.7. The average molecular weight is 459 g/mol. The molecule has 0 saturated heterocycles. The Morgan fingerprint density at radius 1 is 0.794 bits per heavy atom. The molecule has 0 radical (unpaired) electrons. The van der Waals surface area contributed by atoms with E-state index in [1.165, 1.54) is 32.1 Å². The molecule has 0 aliphatic heterocycles. The molecule has 2 aliphatic carbocycles. The summed E-state index contributed by atoms with van der Waals surface area (Å²) in [5, 5.41) is 0. The second kappa shape index (κ2) is 10.6. The Balaban J connectivity index is 1.70. The van der Waals surface area contributed by atoms with Gasteiger partial charge in [-0.05, 0) is 107 Å². The van der Waals surface area contributed by atoms with Crippen molar-refractivity contribution in [1.29, 1.82) is 0 Å². The summed E-state index contributed by atoms with van der Waals surface area (Å²) in [6.45, 7) is 17.4. The summed E-state index contributed by atoms with van der Waals surface area (Å²) in [6, 6.07) is 16.5. The van der Waals surface area contributed by atoms with Gasteiger partial charge in [-0.15, -0.1) is 0 Å². The van der Waals surface area contributed by atoms with E-state index in [0.29, 0.717) is 11.3 Å². The molecule has 0 spiro atoms. The standard InChI is InChI=1S/C34H50/c1-8-27-16-11-12-19-30(27)31-22-26(7)34(24(5)15-13-20-32(31)34)25(6)21-23(4)33-28(9-2)17-14-18-29(33)10-3/h11-12,14,16-19,23-26,31-32H,8-10,13,15,20-22H2,1-7H3/t23-,24-,25?,26?,31?,32?,34?/m0/s1. The molecular formula is C34H50. The van der Waals surface area contributed by atoms with Crippen molar-refractivity contribution in [2.45, 2.75) is 112 Å². The number of fused-ring (bicyclic) bond motifs is 1. The Hall–Kier alpha value is -1.56. The quantitative estimate of drug-likeness (QED) is 0.369. The lowest BCUT2D eigenvalue weighted by Crippen LogP contribution is -2.47. The third-order valence-corrected chi connectivity index (χ3v) is 10.5. The van der Waals surface area contributed by atoms with E-state index >= 15 is 0 Å². The van der Waals surface area contributed by atoms with Gasteiger partial charge >= 0.3 is 0 Å². The van der Waals surface area contributed by atoms with Crippen LogP contribution >= 0.6 is 0 Å². The Morgan fingerprint density at radius 2 is 1.41 bits per heavy atom. The molecule has 0 aromatic heterocycles. The highest BCUT2D eigenvalue weighted by Crippen LogP contribution is 2.67. The predicted molar refractivity (Wildman–Crippen MR) is 149 cm³/mol. The van der Waals surface area contributed by atoms with Crippen LogP contribution in [0.25, 0.3) is 0 Å². The van der Waals surface area contributed by atoms with E-state index in [4.69, 9.17) is 0 Å². The van der Waals surface area contributed by atoms with Crippen LogP contribution in [-0.4, -0.2) is 0 Å². The smallest absolute Gasteiger partial charge is 0.0123 e. The molecule has 0 nitrogen and oxygen atoms in total. The zero-order valence-corrected chi connectivity index (χ0v) is 23.2. The van der Waals surface area contributed by atoms with Crippen molar-refractivity contribution in [2.75, 3.05) is 0 Å². The molecule has 2 saturated carbocycles. The summed E-state index contributed by atoms with van der Waals surface area (Å²) >= 11 is 0. The third-order valence-electron chi connectivity index (χ3n) is 10.5. The first-order valence-corrected chi connectivity index (χ1v) is 14.6. The SMILES string of the molecule is CCc1ccccc1C1CC(C)C2(C(C)C[C@H](C)c3c(CC)cccc3CC)C1CCC[C@@H]2C. The minimum atomic E-state index is 0.478. The Morgan fingerprint density at radius 3 is 2.06 bits per heavy atom. The van der Waals surface area contributed by atoms with Gasteiger partial charge in [0.15, 0.2) is 0 Å². The van der Waals surface area contributed by atoms with Crippen LogP contribution in [0.3, 0.4) is 0 Å². The van der Waals surface area contributed by atoms with E-state index in [1.807, 2.05) is 0 Å². The van der Waals surface area contributed by atoms with Gasteiger partial charge in [-0.25, -0.2) is 0 Å². The molecule has 2 fully saturated rings. The maximum absolute atomic E-state index is 2.65. The molecule has 2 aromatic rings. The first-order chi connectivity index (χ1) is 16.4. The highest BCUT2D eigenvalue weighted by Gasteiger charge is 2.59. The van der Waals surface area contributed by atoms with Crippen molar-refractivity contribution in [3.8, 4) is 0 Å². The summed E-state index contributed by atoms with van der Waals surface area (Å²) in [5.74, 6) is 4.62. The van der Waals surface area contributed by atoms with Crippen molar-refractivity contribution < 1.29 is 0 Å². The summed E-state index contributed by atoms with van der Waals surface area (Å²) in [5.41, 5.74) is 8.60. The molecular weight excluding hydrogens is 408 g/mol. The van der Waals surface area contributed by atoms with Crippen molar-refractivity contribution in [2.24, 2.45) is 29.1 Å². The molecule has 0 heteroatoms. The molecule has 2 aromatic carbocycles. The molecule has 0 bridgehead atoms. The van der Waals surface area contributed by atoms with E-state index in [1.54, 1.807) is 27.8 Å². The fraction of sp³-hybridized carbons (Fsp3) is 0.647. The van der Waals surface area contributed by atoms with Gasteiger partial charge in [-0.2, -0.15) is 0 Å². The van der Waals surface area contributed by atoms with Crippen LogP contribution in [0.2, 0.25) is 0 Å². The topological polar surface area (TPSA) is 0 Å². The lowest BCUT2D eigenvalue weighted by molar-refractivity contribution is -0.0399. The summed E-state index contributed by atoms with van der Waals surface area (Å²) in [7, 11) is 0. The highest BCUT2D eigenvalue weighted by molar-refractivity contribution is 5.38. The van der Waals surface area contributed by atoms with Crippen LogP contribution in [0.15, 0.2) is 42.5 Å². The first kappa shape index (κ1) is 25.5. The van der Waals surface area contributed by atoms with Crippen LogP contribution in [0.5, 0.6) is 0 Å². The maximum atomic E-state index is 2.65. The van der Waals surface area contributed by atoms with Crippen molar-refractivity contribution in [3.05, 3.63) is 70.3 Å². The lowest BCUT2D eigenvalue weighted by atomic mass is 9.51. The van der Waals surface area contributed by atoms with Crippen molar-refractivity contribution >= 4 is 0 Å². The average Bonchev–Trinajstić information content (AvgIpc) is 3.17. The Kier molecular flexibility index (Phi) is 7.95. The summed E-state index contributed by atoms with van der Waals surface area (Å²) < 4.78 is 0. The van der Waals surface area contributed by atoms with Crippen LogP contribution in [0.4, 0.5) is 0 Å². The maximum Gasteiger partial charge on any atom is -0.0123 e. The van der Waals surface area contributed by atoms with Gasteiger partial charge in [0.05, 0.1) is 0 Å². The molecule has 0 heterocycles. The predicted octanol–water partition coefficient (Wildman–Crippen LogP) is 9.75. The molecule has 0 amide bonds. The van der Waals surface area contributed by atoms with Gasteiger partial charge in [0.2, 0.25) is 0 Å². The molecule has 2 aliphatic rings. The van der Waals surface area contributed by atoms with Gasteiger partial charge in [0, 0.05) is 0 Å². The van der Waals surface area contributed by atoms with Crippen LogP contribution in [0, 0.1) is 29.1 Å². The highest BCUT2D eigenvalue weighted by atomic mass is 14.6. The number of hydrogen-bond acceptors (Lipinski definition) is 0. The van der Waals surface area contributed by atoms with Crippen LogP contribution < -0.4 is 0 Å². The number of benzene rings is 2. The Labute approximate surface area is 211 Å². The van der Waals surface area contributed by atoms with Crippen molar-refractivity contribution in [3.63, 3.8) is 0 Å². The van der Waals surface area contributed by atoms with Gasteiger partial charge < -0.3 is 0 Å². The van der Waals surface area contributed by atoms with Crippen LogP contribution in [-0.2, 0) is 19.3 Å². The molecule has 4 rings (SSSR count). The minimum Gasteiger partial charge on any atom is -0.0620 e. The zero-order chi connectivity index (χ0) is 24.5. The van der Waals surface area contributed by atoms with E-state index in [0.717, 1.165) is 48.9 Å². The monoisotopic (exact) mass is 458 g/mol. The van der Waals surface area contributed by atoms with Gasteiger partial charge in [0.1, 0.15) is 0 Å². The van der Waals surface area contributed by atoms with Gasteiger partial charge in [-0.1, -0.05) is 104 Å². The lowest BCUT2D eigenvalue weighted by Gasteiger charge is -2.53. The van der Waals surface area contributed by atoms with E-state index < -0.39 is 0 Å². The second-order valence-electron chi connectivity index (χ2n) is 12.0. The number of aryl methyl sites for hydroxylation is 3.